The summed E-state index contributed by atoms with van der Waals surface area (Å²) in [6.45, 7) is -0.428. The second kappa shape index (κ2) is 15.4. The van der Waals surface area contributed by atoms with E-state index in [0.717, 1.165) is 0 Å². The predicted octanol–water partition coefficient (Wildman–Crippen LogP) is 3.94. The molecule has 3 aliphatic rings. The molecule has 13 nitrogen and oxygen atoms in total. The smallest absolute Gasteiger partial charge is 0.462 e. The monoisotopic (exact) mass is 617 g/mol. The van der Waals surface area contributed by atoms with Gasteiger partial charge in [0, 0.05) is 12.8 Å². The van der Waals surface area contributed by atoms with E-state index in [1.807, 2.05) is 0 Å². The lowest BCUT2D eigenvalue weighted by Crippen LogP contribution is -2.39. The number of hydrogen-bond donors (Lipinski definition) is 2. The summed E-state index contributed by atoms with van der Waals surface area (Å²) < 4.78 is 46.0. The number of allylic oxidation sites excluding steroid dienone is 6. The molecule has 1 aromatic carbocycles. The summed E-state index contributed by atoms with van der Waals surface area (Å²) in [4.78, 5) is 49.4. The number of ether oxygens (including phenoxy) is 4. The summed E-state index contributed by atoms with van der Waals surface area (Å²) in [5.41, 5.74) is 0. The number of rotatable bonds is 16. The fourth-order valence-corrected chi connectivity index (χ4v) is 5.75. The molecule has 230 valence electrons. The van der Waals surface area contributed by atoms with E-state index >= 15 is 0 Å². The molecule has 1 aliphatic heterocycles. The van der Waals surface area contributed by atoms with Gasteiger partial charge in [0.05, 0.1) is 32.5 Å². The maximum atomic E-state index is 13.9. The number of benzene rings is 1. The van der Waals surface area contributed by atoms with E-state index in [1.165, 1.54) is 12.1 Å². The van der Waals surface area contributed by atoms with Crippen LogP contribution in [-0.4, -0.2) is 55.0 Å². The van der Waals surface area contributed by atoms with Crippen molar-refractivity contribution in [1.82, 2.24) is 5.09 Å². The van der Waals surface area contributed by atoms with Gasteiger partial charge in [-0.15, -0.1) is 0 Å². The zero-order valence-corrected chi connectivity index (χ0v) is 24.0. The molecule has 14 heteroatoms. The Morgan fingerprint density at radius 2 is 1.58 bits per heavy atom. The molecule has 2 aliphatic carbocycles. The number of aliphatic carboxylic acids is 1. The maximum Gasteiger partial charge on any atom is 0.462 e. The van der Waals surface area contributed by atoms with Crippen molar-refractivity contribution in [2.75, 3.05) is 20.0 Å². The van der Waals surface area contributed by atoms with E-state index in [0.29, 0.717) is 24.4 Å². The Balaban J connectivity index is 1.43. The highest BCUT2D eigenvalue weighted by Gasteiger charge is 2.38. The van der Waals surface area contributed by atoms with E-state index in [-0.39, 0.29) is 43.6 Å². The average Bonchev–Trinajstić information content (AvgIpc) is 3.74. The summed E-state index contributed by atoms with van der Waals surface area (Å²) >= 11 is 0. The van der Waals surface area contributed by atoms with Gasteiger partial charge in [-0.2, -0.15) is 5.09 Å². The molecule has 0 saturated carbocycles. The highest BCUT2D eigenvalue weighted by molar-refractivity contribution is 7.52. The second-order valence-corrected chi connectivity index (χ2v) is 11.5. The average molecular weight is 618 g/mol. The number of carbonyl (C=O) groups excluding carboxylic acids is 3. The van der Waals surface area contributed by atoms with Crippen molar-refractivity contribution in [3.8, 4) is 5.75 Å². The third kappa shape index (κ3) is 10.3. The Kier molecular flexibility index (Phi) is 11.5. The first-order chi connectivity index (χ1) is 20.7. The Labute approximate surface area is 247 Å². The van der Waals surface area contributed by atoms with Gasteiger partial charge in [0.1, 0.15) is 23.3 Å². The van der Waals surface area contributed by atoms with Crippen molar-refractivity contribution >= 4 is 31.6 Å². The predicted molar refractivity (Wildman–Crippen MR) is 149 cm³/mol. The summed E-state index contributed by atoms with van der Waals surface area (Å²) in [7, 11) is -4.51. The minimum atomic E-state index is -4.51. The van der Waals surface area contributed by atoms with Crippen molar-refractivity contribution in [1.29, 1.82) is 0 Å². The molecule has 0 spiro atoms. The molecular formula is C29H32NO12P. The van der Waals surface area contributed by atoms with Gasteiger partial charge in [0.15, 0.2) is 0 Å². The molecule has 0 aromatic heterocycles. The number of para-hydroxylation sites is 1. The molecule has 0 bridgehead atoms. The van der Waals surface area contributed by atoms with Crippen molar-refractivity contribution in [3.05, 3.63) is 78.3 Å². The summed E-state index contributed by atoms with van der Waals surface area (Å²) in [6.07, 6.45) is 10.0. The molecule has 4 rings (SSSR count). The van der Waals surface area contributed by atoms with Crippen molar-refractivity contribution < 1.29 is 56.8 Å². The lowest BCUT2D eigenvalue weighted by atomic mass is 9.90. The number of hydrogen-bond acceptors (Lipinski definition) is 11. The van der Waals surface area contributed by atoms with E-state index in [9.17, 15) is 23.7 Å². The van der Waals surface area contributed by atoms with Gasteiger partial charge in [0.25, 0.3) is 0 Å². The SMILES string of the molecule is O=C(O)CC1COCC1CC(=O)OCOP(=O)(N[C@@H](CC(=O)OC1=CC=CC1)C(=O)OC1=CC=CC1)Oc1ccccc1. The van der Waals surface area contributed by atoms with Crippen LogP contribution in [0.4, 0.5) is 0 Å². The fourth-order valence-electron chi connectivity index (χ4n) is 4.40. The number of esters is 3. The first-order valence-electron chi connectivity index (χ1n) is 13.5. The molecule has 1 aromatic rings. The molecule has 3 unspecified atom stereocenters. The number of carboxylic acids is 1. The Hall–Kier alpha value is -4.03. The molecule has 1 heterocycles. The standard InChI is InChI=1S/C29H32NO12P/c31-26(32)14-20-17-37-18-21(20)15-27(33)38-19-39-43(36,42-24-12-2-1-3-13-24)30-25(29(35)41-23-10-6-7-11-23)16-28(34)40-22-8-4-5-9-22/h1-8,10,12-13,20-21,25H,9,11,14-19H2,(H,30,36)(H,31,32)/t20?,21?,25-,43?/m0/s1. The van der Waals surface area contributed by atoms with Crippen LogP contribution in [-0.2, 0) is 47.2 Å². The topological polar surface area (TPSA) is 173 Å². The van der Waals surface area contributed by atoms with E-state index in [1.54, 1.807) is 54.7 Å². The highest BCUT2D eigenvalue weighted by Crippen LogP contribution is 2.45. The van der Waals surface area contributed by atoms with Crippen LogP contribution in [0.2, 0.25) is 0 Å². The van der Waals surface area contributed by atoms with Crippen molar-refractivity contribution in [2.45, 2.75) is 38.1 Å². The normalized spacial score (nSPS) is 20.9. The quantitative estimate of drug-likeness (QED) is 0.118. The second-order valence-electron chi connectivity index (χ2n) is 9.84. The Morgan fingerprint density at radius 3 is 2.21 bits per heavy atom. The molecule has 4 atom stereocenters. The lowest BCUT2D eigenvalue weighted by molar-refractivity contribution is -0.152. The first kappa shape index (κ1) is 31.9. The molecule has 1 fully saturated rings. The minimum Gasteiger partial charge on any atom is -0.481 e. The Morgan fingerprint density at radius 1 is 0.930 bits per heavy atom. The van der Waals surface area contributed by atoms with E-state index < -0.39 is 50.9 Å². The van der Waals surface area contributed by atoms with Crippen LogP contribution in [0.15, 0.2) is 78.3 Å². The summed E-state index contributed by atoms with van der Waals surface area (Å²) in [6, 6.07) is 6.36. The van der Waals surface area contributed by atoms with Crippen molar-refractivity contribution in [2.24, 2.45) is 11.8 Å². The number of nitrogens with one attached hydrogen (secondary N) is 1. The van der Waals surface area contributed by atoms with Gasteiger partial charge in [-0.25, -0.2) is 13.9 Å². The molecule has 0 amide bonds. The molecule has 2 N–H and O–H groups in total. The summed E-state index contributed by atoms with van der Waals surface area (Å²) in [5, 5.41) is 11.5. The van der Waals surface area contributed by atoms with Gasteiger partial charge in [-0.1, -0.05) is 42.5 Å². The van der Waals surface area contributed by atoms with Crippen LogP contribution < -0.4 is 9.61 Å². The van der Waals surface area contributed by atoms with Crippen LogP contribution in [0.3, 0.4) is 0 Å². The van der Waals surface area contributed by atoms with Gasteiger partial charge in [-0.3, -0.25) is 14.4 Å². The van der Waals surface area contributed by atoms with E-state index in [4.69, 9.17) is 33.1 Å². The highest BCUT2D eigenvalue weighted by atomic mass is 31.2. The van der Waals surface area contributed by atoms with Gasteiger partial charge >= 0.3 is 31.6 Å². The zero-order chi connectivity index (χ0) is 30.7. The Bertz CT molecular complexity index is 1350. The van der Waals surface area contributed by atoms with Crippen LogP contribution in [0.5, 0.6) is 5.75 Å². The van der Waals surface area contributed by atoms with Crippen LogP contribution in [0.25, 0.3) is 0 Å². The first-order valence-corrected chi connectivity index (χ1v) is 15.1. The fraction of sp³-hybridized carbons (Fsp3) is 0.379. The third-order valence-electron chi connectivity index (χ3n) is 6.53. The van der Waals surface area contributed by atoms with Gasteiger partial charge < -0.3 is 28.6 Å². The van der Waals surface area contributed by atoms with Crippen molar-refractivity contribution in [3.63, 3.8) is 0 Å². The molecule has 0 radical (unpaired) electrons. The van der Waals surface area contributed by atoms with Crippen LogP contribution in [0, 0.1) is 11.8 Å². The van der Waals surface area contributed by atoms with Crippen LogP contribution >= 0.6 is 7.75 Å². The molecular weight excluding hydrogens is 585 g/mol. The molecule has 1 saturated heterocycles. The number of carboxylic acid groups (broad SMARTS) is 1. The molecule has 43 heavy (non-hydrogen) atoms. The maximum absolute atomic E-state index is 13.9. The minimum absolute atomic E-state index is 0.101. The third-order valence-corrected chi connectivity index (χ3v) is 8.05. The van der Waals surface area contributed by atoms with Crippen LogP contribution in [0.1, 0.15) is 32.1 Å². The zero-order valence-electron chi connectivity index (χ0n) is 23.1. The lowest BCUT2D eigenvalue weighted by Gasteiger charge is -2.24. The van der Waals surface area contributed by atoms with Gasteiger partial charge in [-0.05, 0) is 36.1 Å². The number of carbonyl (C=O) groups is 4. The largest absolute Gasteiger partial charge is 0.481 e. The summed E-state index contributed by atoms with van der Waals surface area (Å²) in [5.74, 6) is -3.40. The van der Waals surface area contributed by atoms with Gasteiger partial charge in [0.2, 0.25) is 6.79 Å². The van der Waals surface area contributed by atoms with E-state index in [2.05, 4.69) is 5.09 Å².